The molecule has 1 amide bonds. The number of nitrogens with one attached hydrogen (secondary N) is 1. The summed E-state index contributed by atoms with van der Waals surface area (Å²) in [4.78, 5) is 17.1. The number of benzene rings is 3. The molecule has 0 spiro atoms. The van der Waals surface area contributed by atoms with E-state index in [9.17, 15) is 13.2 Å². The van der Waals surface area contributed by atoms with Crippen molar-refractivity contribution in [3.05, 3.63) is 72.8 Å². The van der Waals surface area contributed by atoms with Gasteiger partial charge in [0.05, 0.1) is 15.1 Å². The number of aromatic nitrogens is 1. The first-order valence-corrected chi connectivity index (χ1v) is 12.2. The SMILES string of the molecule is C[C@@H](Oc1ccc(-c2ccccc2)cc1)C(=O)Nc1nc2ccc(S(C)(=O)=O)cc2s1. The van der Waals surface area contributed by atoms with Crippen LogP contribution in [0.1, 0.15) is 6.92 Å². The van der Waals surface area contributed by atoms with Gasteiger partial charge in [0.2, 0.25) is 0 Å². The molecule has 1 atom stereocenters. The molecule has 0 fully saturated rings. The maximum absolute atomic E-state index is 12.5. The van der Waals surface area contributed by atoms with Gasteiger partial charge in [0.15, 0.2) is 21.1 Å². The highest BCUT2D eigenvalue weighted by atomic mass is 32.2. The van der Waals surface area contributed by atoms with Crippen LogP contribution in [0.25, 0.3) is 21.3 Å². The molecule has 0 saturated heterocycles. The average molecular weight is 453 g/mol. The van der Waals surface area contributed by atoms with Gasteiger partial charge in [0.25, 0.3) is 5.91 Å². The lowest BCUT2D eigenvalue weighted by Crippen LogP contribution is -2.30. The van der Waals surface area contributed by atoms with Gasteiger partial charge >= 0.3 is 0 Å². The van der Waals surface area contributed by atoms with Crippen LogP contribution >= 0.6 is 11.3 Å². The Bertz CT molecular complexity index is 1330. The van der Waals surface area contributed by atoms with E-state index in [4.69, 9.17) is 4.74 Å². The number of hydrogen-bond donors (Lipinski definition) is 1. The lowest BCUT2D eigenvalue weighted by Gasteiger charge is -2.14. The summed E-state index contributed by atoms with van der Waals surface area (Å²) in [5, 5.41) is 3.13. The molecule has 4 aromatic rings. The molecule has 0 bridgehead atoms. The maximum Gasteiger partial charge on any atom is 0.266 e. The van der Waals surface area contributed by atoms with Crippen molar-refractivity contribution >= 4 is 42.4 Å². The Morgan fingerprint density at radius 1 is 1.00 bits per heavy atom. The minimum atomic E-state index is -3.31. The molecule has 1 aromatic heterocycles. The van der Waals surface area contributed by atoms with E-state index < -0.39 is 15.9 Å². The first-order chi connectivity index (χ1) is 14.8. The zero-order valence-corrected chi connectivity index (χ0v) is 18.5. The van der Waals surface area contributed by atoms with Gasteiger partial charge in [-0.1, -0.05) is 53.8 Å². The van der Waals surface area contributed by atoms with Crippen LogP contribution in [-0.2, 0) is 14.6 Å². The Morgan fingerprint density at radius 2 is 1.68 bits per heavy atom. The number of carbonyl (C=O) groups excluding carboxylic acids is 1. The average Bonchev–Trinajstić information content (AvgIpc) is 3.15. The number of anilines is 1. The first kappa shape index (κ1) is 21.0. The van der Waals surface area contributed by atoms with Crippen molar-refractivity contribution in [2.75, 3.05) is 11.6 Å². The fourth-order valence-electron chi connectivity index (χ4n) is 3.01. The number of thiazole rings is 1. The number of fused-ring (bicyclic) bond motifs is 1. The zero-order valence-electron chi connectivity index (χ0n) is 16.9. The molecule has 158 valence electrons. The fourth-order valence-corrected chi connectivity index (χ4v) is 4.64. The van der Waals surface area contributed by atoms with E-state index in [2.05, 4.69) is 10.3 Å². The normalized spacial score (nSPS) is 12.5. The van der Waals surface area contributed by atoms with Crippen LogP contribution in [0.4, 0.5) is 5.13 Å². The second-order valence-corrected chi connectivity index (χ2v) is 10.1. The molecule has 0 aliphatic rings. The molecule has 0 saturated carbocycles. The Hall–Kier alpha value is -3.23. The van der Waals surface area contributed by atoms with Crippen molar-refractivity contribution < 1.29 is 17.9 Å². The Kier molecular flexibility index (Phi) is 5.75. The summed E-state index contributed by atoms with van der Waals surface area (Å²) >= 11 is 1.22. The molecule has 0 aliphatic heterocycles. The number of ether oxygens (including phenoxy) is 1. The topological polar surface area (TPSA) is 85.4 Å². The molecule has 0 radical (unpaired) electrons. The van der Waals surface area contributed by atoms with E-state index >= 15 is 0 Å². The molecule has 31 heavy (non-hydrogen) atoms. The third-order valence-electron chi connectivity index (χ3n) is 4.66. The van der Waals surface area contributed by atoms with Crippen LogP contribution in [0.15, 0.2) is 77.7 Å². The van der Waals surface area contributed by atoms with Crippen molar-refractivity contribution in [2.45, 2.75) is 17.9 Å². The second-order valence-electron chi connectivity index (χ2n) is 7.06. The minimum Gasteiger partial charge on any atom is -0.481 e. The van der Waals surface area contributed by atoms with Crippen molar-refractivity contribution in [3.8, 4) is 16.9 Å². The van der Waals surface area contributed by atoms with Crippen LogP contribution < -0.4 is 10.1 Å². The third kappa shape index (κ3) is 4.92. The van der Waals surface area contributed by atoms with Gasteiger partial charge in [-0.3, -0.25) is 10.1 Å². The lowest BCUT2D eigenvalue weighted by atomic mass is 10.1. The van der Waals surface area contributed by atoms with E-state index in [0.29, 0.717) is 21.1 Å². The predicted molar refractivity (Wildman–Crippen MR) is 123 cm³/mol. The standard InChI is InChI=1S/C23H20N2O4S2/c1-15(29-18-10-8-17(9-11-18)16-6-4-3-5-7-16)22(26)25-23-24-20-13-12-19(31(2,27)28)14-21(20)30-23/h3-15H,1-2H3,(H,24,25,26)/t15-/m1/s1. The summed E-state index contributed by atoms with van der Waals surface area (Å²) in [5.41, 5.74) is 2.79. The molecule has 0 unspecified atom stereocenters. The zero-order chi connectivity index (χ0) is 22.0. The Balaban J connectivity index is 1.42. The monoisotopic (exact) mass is 452 g/mol. The molecular weight excluding hydrogens is 432 g/mol. The highest BCUT2D eigenvalue weighted by Crippen LogP contribution is 2.28. The predicted octanol–water partition coefficient (Wildman–Crippen LogP) is 4.77. The van der Waals surface area contributed by atoms with Crippen molar-refractivity contribution in [2.24, 2.45) is 0 Å². The highest BCUT2D eigenvalue weighted by Gasteiger charge is 2.18. The molecule has 6 nitrogen and oxygen atoms in total. The molecule has 3 aromatic carbocycles. The molecular formula is C23H20N2O4S2. The molecule has 8 heteroatoms. The van der Waals surface area contributed by atoms with Crippen molar-refractivity contribution in [3.63, 3.8) is 0 Å². The first-order valence-electron chi connectivity index (χ1n) is 9.53. The summed E-state index contributed by atoms with van der Waals surface area (Å²) in [6, 6.07) is 22.2. The molecule has 4 rings (SSSR count). The second kappa shape index (κ2) is 8.49. The van der Waals surface area contributed by atoms with E-state index in [1.165, 1.54) is 17.4 Å². The third-order valence-corrected chi connectivity index (χ3v) is 6.71. The molecule has 1 N–H and O–H groups in total. The largest absolute Gasteiger partial charge is 0.481 e. The summed E-state index contributed by atoms with van der Waals surface area (Å²) in [6.45, 7) is 1.66. The van der Waals surface area contributed by atoms with Gasteiger partial charge in [0.1, 0.15) is 5.75 Å². The molecule has 1 heterocycles. The van der Waals surface area contributed by atoms with Gasteiger partial charge < -0.3 is 4.74 Å². The molecule has 0 aliphatic carbocycles. The van der Waals surface area contributed by atoms with Crippen molar-refractivity contribution in [1.29, 1.82) is 0 Å². The van der Waals surface area contributed by atoms with E-state index in [1.54, 1.807) is 19.1 Å². The number of sulfone groups is 1. The van der Waals surface area contributed by atoms with E-state index in [1.807, 2.05) is 54.6 Å². The van der Waals surface area contributed by atoms with Gasteiger partial charge in [0, 0.05) is 6.26 Å². The Morgan fingerprint density at radius 3 is 2.35 bits per heavy atom. The van der Waals surface area contributed by atoms with E-state index in [-0.39, 0.29) is 10.8 Å². The maximum atomic E-state index is 12.5. The summed E-state index contributed by atoms with van der Waals surface area (Å²) in [6.07, 6.45) is 0.421. The van der Waals surface area contributed by atoms with Gasteiger partial charge in [-0.05, 0) is 48.4 Å². The number of nitrogens with zero attached hydrogens (tertiary/aromatic N) is 1. The minimum absolute atomic E-state index is 0.220. The van der Waals surface area contributed by atoms with Gasteiger partial charge in [-0.25, -0.2) is 13.4 Å². The Labute approximate surface area is 184 Å². The van der Waals surface area contributed by atoms with Gasteiger partial charge in [-0.15, -0.1) is 0 Å². The van der Waals surface area contributed by atoms with Gasteiger partial charge in [-0.2, -0.15) is 0 Å². The summed E-state index contributed by atoms with van der Waals surface area (Å²) in [7, 11) is -3.31. The highest BCUT2D eigenvalue weighted by molar-refractivity contribution is 7.90. The number of amides is 1. The van der Waals surface area contributed by atoms with Crippen LogP contribution in [0.2, 0.25) is 0 Å². The fraction of sp³-hybridized carbons (Fsp3) is 0.130. The van der Waals surface area contributed by atoms with Crippen LogP contribution in [0, 0.1) is 0 Å². The summed E-state index contributed by atoms with van der Waals surface area (Å²) in [5.74, 6) is 0.249. The van der Waals surface area contributed by atoms with E-state index in [0.717, 1.165) is 17.4 Å². The number of hydrogen-bond acceptors (Lipinski definition) is 6. The van der Waals surface area contributed by atoms with Crippen molar-refractivity contribution in [1.82, 2.24) is 4.98 Å². The van der Waals surface area contributed by atoms with Crippen LogP contribution in [-0.4, -0.2) is 31.7 Å². The van der Waals surface area contributed by atoms with Crippen LogP contribution in [0.5, 0.6) is 5.75 Å². The smallest absolute Gasteiger partial charge is 0.266 e. The summed E-state index contributed by atoms with van der Waals surface area (Å²) < 4.78 is 29.9. The van der Waals surface area contributed by atoms with Crippen LogP contribution in [0.3, 0.4) is 0 Å². The number of rotatable bonds is 6. The lowest BCUT2D eigenvalue weighted by molar-refractivity contribution is -0.122. The number of carbonyl (C=O) groups is 1. The quantitative estimate of drug-likeness (QED) is 0.455.